The molecule has 1 aromatic heterocycles. The van der Waals surface area contributed by atoms with Crippen molar-refractivity contribution >= 4 is 49.8 Å². The summed E-state index contributed by atoms with van der Waals surface area (Å²) in [6.07, 6.45) is 0. The summed E-state index contributed by atoms with van der Waals surface area (Å²) >= 11 is 0. The molecule has 2 nitrogen and oxygen atoms in total. The van der Waals surface area contributed by atoms with Crippen molar-refractivity contribution in [3.8, 4) is 44.5 Å². The highest BCUT2D eigenvalue weighted by atomic mass is 16.3. The Balaban J connectivity index is 1.07. The van der Waals surface area contributed by atoms with Gasteiger partial charge in [-0.2, -0.15) is 0 Å². The van der Waals surface area contributed by atoms with Crippen LogP contribution in [0.3, 0.4) is 0 Å². The largest absolute Gasteiger partial charge is 0.456 e. The summed E-state index contributed by atoms with van der Waals surface area (Å²) < 4.78 is 6.68. The van der Waals surface area contributed by atoms with Crippen LogP contribution in [0.4, 0.5) is 17.1 Å². The third kappa shape index (κ3) is 5.40. The third-order valence-electron chi connectivity index (χ3n) is 12.1. The zero-order valence-corrected chi connectivity index (χ0v) is 31.9. The van der Waals surface area contributed by atoms with E-state index in [4.69, 9.17) is 4.42 Å². The average molecular weight is 730 g/mol. The van der Waals surface area contributed by atoms with Gasteiger partial charge in [0.25, 0.3) is 0 Å². The number of anilines is 3. The van der Waals surface area contributed by atoms with E-state index in [1.807, 2.05) is 0 Å². The monoisotopic (exact) mass is 729 g/mol. The number of nitrogens with zero attached hydrogens (tertiary/aromatic N) is 1. The third-order valence-corrected chi connectivity index (χ3v) is 12.1. The standard InChI is InChI=1S/C55H39NO/c1-55(2)50-20-12-11-18-45(50)46-31-29-43(34-51(46)55)56(41-27-25-39(26-28-41)38-23-21-37(22-24-38)36-13-5-3-6-14-36)42-30-32-52-49(33-42)54-47-19-10-9-17-44(47)48(35-53(54)57-52)40-15-7-4-8-16-40/h3-35H,1-2H3. The van der Waals surface area contributed by atoms with Crippen molar-refractivity contribution < 1.29 is 4.42 Å². The maximum atomic E-state index is 6.68. The van der Waals surface area contributed by atoms with E-state index in [1.54, 1.807) is 0 Å². The predicted octanol–water partition coefficient (Wildman–Crippen LogP) is 15.5. The van der Waals surface area contributed by atoms with Gasteiger partial charge in [-0.15, -0.1) is 0 Å². The van der Waals surface area contributed by atoms with Gasteiger partial charge in [0, 0.05) is 33.2 Å². The summed E-state index contributed by atoms with van der Waals surface area (Å²) in [5, 5.41) is 4.65. The minimum Gasteiger partial charge on any atom is -0.456 e. The molecule has 0 aliphatic heterocycles. The summed E-state index contributed by atoms with van der Waals surface area (Å²) in [7, 11) is 0. The van der Waals surface area contributed by atoms with Crippen LogP contribution in [0.15, 0.2) is 205 Å². The van der Waals surface area contributed by atoms with Crippen molar-refractivity contribution in [2.45, 2.75) is 19.3 Å². The van der Waals surface area contributed by atoms with Gasteiger partial charge in [0.05, 0.1) is 0 Å². The predicted molar refractivity (Wildman–Crippen MR) is 240 cm³/mol. The van der Waals surface area contributed by atoms with E-state index in [0.29, 0.717) is 0 Å². The minimum absolute atomic E-state index is 0.122. The molecule has 0 bridgehead atoms. The summed E-state index contributed by atoms with van der Waals surface area (Å²) in [6.45, 7) is 4.70. The van der Waals surface area contributed by atoms with Crippen LogP contribution in [-0.4, -0.2) is 0 Å². The summed E-state index contributed by atoms with van der Waals surface area (Å²) in [6, 6.07) is 72.5. The van der Waals surface area contributed by atoms with Crippen molar-refractivity contribution in [1.82, 2.24) is 0 Å². The first-order valence-electron chi connectivity index (χ1n) is 19.8. The Morgan fingerprint density at radius 2 is 0.877 bits per heavy atom. The molecular weight excluding hydrogens is 691 g/mol. The molecule has 11 rings (SSSR count). The number of hydrogen-bond acceptors (Lipinski definition) is 2. The zero-order valence-electron chi connectivity index (χ0n) is 31.9. The second-order valence-electron chi connectivity index (χ2n) is 15.7. The van der Waals surface area contributed by atoms with Gasteiger partial charge in [-0.3, -0.25) is 0 Å². The highest BCUT2D eigenvalue weighted by Crippen LogP contribution is 2.51. The molecule has 270 valence electrons. The lowest BCUT2D eigenvalue weighted by Gasteiger charge is -2.28. The van der Waals surface area contributed by atoms with E-state index in [2.05, 4.69) is 219 Å². The summed E-state index contributed by atoms with van der Waals surface area (Å²) in [5.41, 5.74) is 17.5. The van der Waals surface area contributed by atoms with Crippen LogP contribution in [0.25, 0.3) is 77.2 Å². The van der Waals surface area contributed by atoms with E-state index < -0.39 is 0 Å². The molecule has 0 spiro atoms. The molecule has 0 amide bonds. The molecular formula is C55H39NO. The van der Waals surface area contributed by atoms with E-state index >= 15 is 0 Å². The molecule has 1 heterocycles. The van der Waals surface area contributed by atoms with E-state index in [9.17, 15) is 0 Å². The summed E-state index contributed by atoms with van der Waals surface area (Å²) in [5.74, 6) is 0. The lowest BCUT2D eigenvalue weighted by atomic mass is 9.82. The lowest BCUT2D eigenvalue weighted by molar-refractivity contribution is 0.660. The highest BCUT2D eigenvalue weighted by molar-refractivity contribution is 6.22. The highest BCUT2D eigenvalue weighted by Gasteiger charge is 2.35. The van der Waals surface area contributed by atoms with E-state index in [1.165, 1.54) is 66.4 Å². The fourth-order valence-corrected chi connectivity index (χ4v) is 9.19. The van der Waals surface area contributed by atoms with Crippen LogP contribution in [0.5, 0.6) is 0 Å². The SMILES string of the molecule is CC1(C)c2ccccc2-c2ccc(N(c3ccc(-c4ccc(-c5ccccc5)cc4)cc3)c3ccc4oc5cc(-c6ccccc6)c6ccccc6c5c4c3)cc21. The molecule has 0 fully saturated rings. The number of rotatable bonds is 6. The average Bonchev–Trinajstić information content (AvgIpc) is 3.75. The van der Waals surface area contributed by atoms with Gasteiger partial charge in [-0.05, 0) is 115 Å². The fourth-order valence-electron chi connectivity index (χ4n) is 9.19. The first kappa shape index (κ1) is 33.2. The first-order chi connectivity index (χ1) is 28.0. The van der Waals surface area contributed by atoms with Crippen LogP contribution in [0.1, 0.15) is 25.0 Å². The molecule has 1 aliphatic rings. The van der Waals surface area contributed by atoms with E-state index in [-0.39, 0.29) is 5.41 Å². The van der Waals surface area contributed by atoms with Crippen molar-refractivity contribution in [3.05, 3.63) is 211 Å². The fraction of sp³-hybridized carbons (Fsp3) is 0.0545. The maximum absolute atomic E-state index is 6.68. The molecule has 0 atom stereocenters. The molecule has 1 aliphatic carbocycles. The normalized spacial score (nSPS) is 12.9. The van der Waals surface area contributed by atoms with Crippen LogP contribution >= 0.6 is 0 Å². The molecule has 0 saturated heterocycles. The minimum atomic E-state index is -0.122. The molecule has 0 N–H and O–H groups in total. The van der Waals surface area contributed by atoms with Crippen molar-refractivity contribution in [2.75, 3.05) is 4.90 Å². The van der Waals surface area contributed by atoms with Crippen LogP contribution in [-0.2, 0) is 5.41 Å². The molecule has 0 saturated carbocycles. The van der Waals surface area contributed by atoms with Gasteiger partial charge < -0.3 is 9.32 Å². The van der Waals surface area contributed by atoms with Crippen molar-refractivity contribution in [1.29, 1.82) is 0 Å². The lowest BCUT2D eigenvalue weighted by Crippen LogP contribution is -2.16. The molecule has 2 heteroatoms. The van der Waals surface area contributed by atoms with Gasteiger partial charge >= 0.3 is 0 Å². The summed E-state index contributed by atoms with van der Waals surface area (Å²) in [4.78, 5) is 2.40. The molecule has 0 unspecified atom stereocenters. The quantitative estimate of drug-likeness (QED) is 0.169. The topological polar surface area (TPSA) is 16.4 Å². The molecule has 9 aromatic carbocycles. The Morgan fingerprint density at radius 1 is 0.351 bits per heavy atom. The maximum Gasteiger partial charge on any atom is 0.136 e. The second kappa shape index (κ2) is 13.0. The molecule has 57 heavy (non-hydrogen) atoms. The Morgan fingerprint density at radius 3 is 1.60 bits per heavy atom. The van der Waals surface area contributed by atoms with Crippen molar-refractivity contribution in [3.63, 3.8) is 0 Å². The Labute approximate surface area is 332 Å². The van der Waals surface area contributed by atoms with Gasteiger partial charge in [0.15, 0.2) is 0 Å². The Kier molecular flexibility index (Phi) is 7.55. The second-order valence-corrected chi connectivity index (χ2v) is 15.7. The van der Waals surface area contributed by atoms with Crippen LogP contribution in [0, 0.1) is 0 Å². The smallest absolute Gasteiger partial charge is 0.136 e. The number of benzene rings is 9. The van der Waals surface area contributed by atoms with Crippen LogP contribution < -0.4 is 4.90 Å². The number of furan rings is 1. The van der Waals surface area contributed by atoms with Crippen LogP contribution in [0.2, 0.25) is 0 Å². The first-order valence-corrected chi connectivity index (χ1v) is 19.8. The van der Waals surface area contributed by atoms with E-state index in [0.717, 1.165) is 39.0 Å². The molecule has 0 radical (unpaired) electrons. The van der Waals surface area contributed by atoms with Crippen molar-refractivity contribution in [2.24, 2.45) is 0 Å². The Bertz CT molecular complexity index is 3120. The Hall–Kier alpha value is -7.16. The number of hydrogen-bond donors (Lipinski definition) is 0. The van der Waals surface area contributed by atoms with Gasteiger partial charge in [0.1, 0.15) is 11.2 Å². The molecule has 10 aromatic rings. The van der Waals surface area contributed by atoms with Gasteiger partial charge in [-0.25, -0.2) is 0 Å². The van der Waals surface area contributed by atoms with Gasteiger partial charge in [-0.1, -0.05) is 166 Å². The van der Waals surface area contributed by atoms with Gasteiger partial charge in [0.2, 0.25) is 0 Å². The number of fused-ring (bicyclic) bond motifs is 8. The zero-order chi connectivity index (χ0) is 38.1.